The van der Waals surface area contributed by atoms with E-state index in [1.807, 2.05) is 18.2 Å². The number of nitrogens with two attached hydrogens (primary N) is 1. The molecule has 3 heteroatoms. The number of aryl methyl sites for hydroxylation is 1. The van der Waals surface area contributed by atoms with Gasteiger partial charge in [0.2, 0.25) is 5.91 Å². The molecule has 0 aliphatic carbocycles. The summed E-state index contributed by atoms with van der Waals surface area (Å²) in [7, 11) is 0. The number of carbonyl (C=O) groups is 1. The van der Waals surface area contributed by atoms with Gasteiger partial charge in [-0.3, -0.25) is 4.79 Å². The van der Waals surface area contributed by atoms with Crippen LogP contribution in [-0.2, 0) is 11.2 Å². The van der Waals surface area contributed by atoms with Gasteiger partial charge in [-0.25, -0.2) is 0 Å². The van der Waals surface area contributed by atoms with Gasteiger partial charge in [-0.15, -0.1) is 0 Å². The highest BCUT2D eigenvalue weighted by molar-refractivity contribution is 5.76. The van der Waals surface area contributed by atoms with Crippen molar-refractivity contribution >= 4 is 5.91 Å². The molecule has 20 heavy (non-hydrogen) atoms. The molecule has 0 fully saturated rings. The molecule has 0 saturated carbocycles. The maximum Gasteiger partial charge on any atom is 0.220 e. The Hall–Kier alpha value is -1.35. The van der Waals surface area contributed by atoms with Crippen molar-refractivity contribution in [1.29, 1.82) is 0 Å². The van der Waals surface area contributed by atoms with Crippen LogP contribution in [0.25, 0.3) is 0 Å². The van der Waals surface area contributed by atoms with Crippen LogP contribution < -0.4 is 11.1 Å². The molecule has 1 amide bonds. The lowest BCUT2D eigenvalue weighted by Gasteiger charge is -2.16. The number of hydrogen-bond acceptors (Lipinski definition) is 2. The zero-order valence-corrected chi connectivity index (χ0v) is 12.8. The lowest BCUT2D eigenvalue weighted by molar-refractivity contribution is -0.122. The molecule has 0 saturated heterocycles. The first kappa shape index (κ1) is 16.7. The highest BCUT2D eigenvalue weighted by Gasteiger charge is 2.13. The molecule has 112 valence electrons. The van der Waals surface area contributed by atoms with Crippen LogP contribution in [0.1, 0.15) is 38.7 Å². The molecule has 0 unspecified atom stereocenters. The van der Waals surface area contributed by atoms with E-state index in [0.29, 0.717) is 24.8 Å². The van der Waals surface area contributed by atoms with E-state index in [4.69, 9.17) is 5.73 Å². The monoisotopic (exact) mass is 276 g/mol. The molecular weight excluding hydrogens is 248 g/mol. The second-order valence-electron chi connectivity index (χ2n) is 5.87. The van der Waals surface area contributed by atoms with Gasteiger partial charge in [-0.2, -0.15) is 0 Å². The van der Waals surface area contributed by atoms with E-state index in [9.17, 15) is 4.79 Å². The van der Waals surface area contributed by atoms with Gasteiger partial charge in [0.1, 0.15) is 0 Å². The van der Waals surface area contributed by atoms with Gasteiger partial charge < -0.3 is 11.1 Å². The van der Waals surface area contributed by atoms with Gasteiger partial charge in [-0.1, -0.05) is 44.2 Å². The highest BCUT2D eigenvalue weighted by atomic mass is 16.1. The topological polar surface area (TPSA) is 55.1 Å². The Kier molecular flexibility index (Phi) is 7.97. The van der Waals surface area contributed by atoms with Crippen LogP contribution in [-0.4, -0.2) is 19.0 Å². The minimum Gasteiger partial charge on any atom is -0.356 e. The Morgan fingerprint density at radius 3 is 2.55 bits per heavy atom. The summed E-state index contributed by atoms with van der Waals surface area (Å²) in [4.78, 5) is 11.8. The summed E-state index contributed by atoms with van der Waals surface area (Å²) in [6.07, 6.45) is 3.56. The van der Waals surface area contributed by atoms with Crippen LogP contribution in [0.2, 0.25) is 0 Å². The van der Waals surface area contributed by atoms with Crippen LogP contribution in [0.15, 0.2) is 30.3 Å². The Morgan fingerprint density at radius 2 is 1.95 bits per heavy atom. The van der Waals surface area contributed by atoms with E-state index in [1.54, 1.807) is 0 Å². The zero-order chi connectivity index (χ0) is 14.8. The number of amides is 1. The van der Waals surface area contributed by atoms with Crippen molar-refractivity contribution in [2.24, 2.45) is 17.6 Å². The molecule has 3 nitrogen and oxygen atoms in total. The molecule has 0 aromatic heterocycles. The molecule has 0 aliphatic rings. The third-order valence-electron chi connectivity index (χ3n) is 3.42. The summed E-state index contributed by atoms with van der Waals surface area (Å²) in [5, 5.41) is 3.00. The normalized spacial score (nSPS) is 12.4. The lowest BCUT2D eigenvalue weighted by Crippen LogP contribution is -2.29. The molecule has 0 aliphatic heterocycles. The van der Waals surface area contributed by atoms with Crippen molar-refractivity contribution in [3.63, 3.8) is 0 Å². The number of carbonyl (C=O) groups excluding carboxylic acids is 1. The highest BCUT2D eigenvalue weighted by Crippen LogP contribution is 2.13. The molecule has 0 heterocycles. The van der Waals surface area contributed by atoms with Gasteiger partial charge in [0, 0.05) is 13.0 Å². The summed E-state index contributed by atoms with van der Waals surface area (Å²) in [6, 6.07) is 10.4. The second-order valence-corrected chi connectivity index (χ2v) is 5.87. The average Bonchev–Trinajstić information content (AvgIpc) is 2.43. The first-order valence-corrected chi connectivity index (χ1v) is 7.62. The van der Waals surface area contributed by atoms with Crippen molar-refractivity contribution in [2.45, 2.75) is 39.5 Å². The summed E-state index contributed by atoms with van der Waals surface area (Å²) in [5.74, 6) is 1.03. The summed E-state index contributed by atoms with van der Waals surface area (Å²) in [6.45, 7) is 5.67. The third-order valence-corrected chi connectivity index (χ3v) is 3.42. The lowest BCUT2D eigenvalue weighted by atomic mass is 9.94. The van der Waals surface area contributed by atoms with Crippen LogP contribution in [0.3, 0.4) is 0 Å². The van der Waals surface area contributed by atoms with E-state index < -0.39 is 0 Å². The predicted molar refractivity (Wildman–Crippen MR) is 84.4 cm³/mol. The molecule has 1 rings (SSSR count). The smallest absolute Gasteiger partial charge is 0.220 e. The SMILES string of the molecule is CC(C)C[C@H](CN)CC(=O)NCCCc1ccccc1. The van der Waals surface area contributed by atoms with E-state index in [-0.39, 0.29) is 5.91 Å². The molecule has 3 N–H and O–H groups in total. The zero-order valence-electron chi connectivity index (χ0n) is 12.8. The Morgan fingerprint density at radius 1 is 1.25 bits per heavy atom. The minimum absolute atomic E-state index is 0.133. The van der Waals surface area contributed by atoms with Crippen molar-refractivity contribution < 1.29 is 4.79 Å². The fourth-order valence-electron chi connectivity index (χ4n) is 2.43. The summed E-state index contributed by atoms with van der Waals surface area (Å²) < 4.78 is 0. The van der Waals surface area contributed by atoms with Gasteiger partial charge in [0.15, 0.2) is 0 Å². The van der Waals surface area contributed by atoms with Crippen molar-refractivity contribution in [2.75, 3.05) is 13.1 Å². The van der Waals surface area contributed by atoms with E-state index in [0.717, 1.165) is 25.8 Å². The van der Waals surface area contributed by atoms with Gasteiger partial charge in [-0.05, 0) is 43.2 Å². The Balaban J connectivity index is 2.16. The predicted octanol–water partition coefficient (Wildman–Crippen LogP) is 2.75. The Labute approximate surface area is 122 Å². The van der Waals surface area contributed by atoms with E-state index >= 15 is 0 Å². The van der Waals surface area contributed by atoms with E-state index in [2.05, 4.69) is 31.3 Å². The van der Waals surface area contributed by atoms with Crippen LogP contribution in [0, 0.1) is 11.8 Å². The average molecular weight is 276 g/mol. The quantitative estimate of drug-likeness (QED) is 0.681. The molecule has 1 aromatic carbocycles. The molecular formula is C17H28N2O. The fraction of sp³-hybridized carbons (Fsp3) is 0.588. The molecule has 0 spiro atoms. The van der Waals surface area contributed by atoms with Gasteiger partial charge in [0.05, 0.1) is 0 Å². The molecule has 1 atom stereocenters. The number of rotatable bonds is 9. The maximum absolute atomic E-state index is 11.8. The first-order valence-electron chi connectivity index (χ1n) is 7.62. The number of hydrogen-bond donors (Lipinski definition) is 2. The number of nitrogens with one attached hydrogen (secondary N) is 1. The summed E-state index contributed by atoms with van der Waals surface area (Å²) in [5.41, 5.74) is 7.04. The minimum atomic E-state index is 0.133. The van der Waals surface area contributed by atoms with Gasteiger partial charge in [0.25, 0.3) is 0 Å². The van der Waals surface area contributed by atoms with Crippen molar-refractivity contribution in [1.82, 2.24) is 5.32 Å². The molecule has 0 radical (unpaired) electrons. The second kappa shape index (κ2) is 9.54. The van der Waals surface area contributed by atoms with Crippen molar-refractivity contribution in [3.8, 4) is 0 Å². The third kappa shape index (κ3) is 7.29. The first-order chi connectivity index (χ1) is 9.61. The van der Waals surface area contributed by atoms with Gasteiger partial charge >= 0.3 is 0 Å². The summed E-state index contributed by atoms with van der Waals surface area (Å²) >= 11 is 0. The van der Waals surface area contributed by atoms with Crippen LogP contribution >= 0.6 is 0 Å². The maximum atomic E-state index is 11.8. The van der Waals surface area contributed by atoms with Crippen molar-refractivity contribution in [3.05, 3.63) is 35.9 Å². The molecule has 0 bridgehead atoms. The standard InChI is InChI=1S/C17H28N2O/c1-14(2)11-16(13-18)12-17(20)19-10-6-9-15-7-4-3-5-8-15/h3-5,7-8,14,16H,6,9-13,18H2,1-2H3,(H,19,20)/t16-/m0/s1. The van der Waals surface area contributed by atoms with Crippen LogP contribution in [0.4, 0.5) is 0 Å². The number of benzene rings is 1. The molecule has 1 aromatic rings. The fourth-order valence-corrected chi connectivity index (χ4v) is 2.43. The Bertz CT molecular complexity index is 376. The van der Waals surface area contributed by atoms with Crippen LogP contribution in [0.5, 0.6) is 0 Å². The largest absolute Gasteiger partial charge is 0.356 e. The van der Waals surface area contributed by atoms with E-state index in [1.165, 1.54) is 5.56 Å².